The fourth-order valence-corrected chi connectivity index (χ4v) is 3.25. The Hall–Kier alpha value is -2.21. The Bertz CT molecular complexity index is 814. The molecule has 0 aliphatic rings. The van der Waals surface area contributed by atoms with E-state index < -0.39 is 9.84 Å². The van der Waals surface area contributed by atoms with E-state index >= 15 is 0 Å². The van der Waals surface area contributed by atoms with Crippen molar-refractivity contribution in [2.45, 2.75) is 24.8 Å². The Kier molecular flexibility index (Phi) is 5.15. The van der Waals surface area contributed by atoms with Crippen LogP contribution in [0.3, 0.4) is 0 Å². The van der Waals surface area contributed by atoms with Crippen molar-refractivity contribution in [1.29, 1.82) is 0 Å². The first-order chi connectivity index (χ1) is 10.8. The molecular weight excluding hydrogens is 317 g/mol. The van der Waals surface area contributed by atoms with Crippen LogP contribution in [0.15, 0.2) is 47.4 Å². The number of rotatable bonds is 5. The van der Waals surface area contributed by atoms with Gasteiger partial charge in [-0.2, -0.15) is 0 Å². The summed E-state index contributed by atoms with van der Waals surface area (Å²) in [5.41, 5.74) is 2.20. The first-order valence-corrected chi connectivity index (χ1v) is 8.95. The zero-order valence-corrected chi connectivity index (χ0v) is 13.8. The number of aryl methyl sites for hydroxylation is 1. The van der Waals surface area contributed by atoms with Crippen molar-refractivity contribution in [2.24, 2.45) is 0 Å². The van der Waals surface area contributed by atoms with Crippen LogP contribution < -0.4 is 5.32 Å². The zero-order valence-electron chi connectivity index (χ0n) is 13.0. The van der Waals surface area contributed by atoms with Gasteiger partial charge < -0.3 is 5.32 Å². The molecule has 0 atom stereocenters. The van der Waals surface area contributed by atoms with Crippen LogP contribution >= 0.6 is 0 Å². The van der Waals surface area contributed by atoms with Gasteiger partial charge in [0.05, 0.1) is 11.3 Å². The third-order valence-corrected chi connectivity index (χ3v) is 4.66. The van der Waals surface area contributed by atoms with Gasteiger partial charge >= 0.3 is 0 Å². The van der Waals surface area contributed by atoms with Gasteiger partial charge in [-0.3, -0.25) is 4.79 Å². The molecule has 0 aliphatic heterocycles. The highest BCUT2D eigenvalue weighted by molar-refractivity contribution is 7.90. The summed E-state index contributed by atoms with van der Waals surface area (Å²) in [7, 11) is -3.24. The molecule has 0 unspecified atom stereocenters. The zero-order chi connectivity index (χ0) is 17.0. The number of benzene rings is 2. The van der Waals surface area contributed by atoms with E-state index in [0.29, 0.717) is 17.0 Å². The number of halogens is 1. The van der Waals surface area contributed by atoms with E-state index in [1.165, 1.54) is 18.4 Å². The Labute approximate surface area is 135 Å². The van der Waals surface area contributed by atoms with Crippen LogP contribution in [-0.4, -0.2) is 20.6 Å². The molecule has 1 N–H and O–H groups in total. The van der Waals surface area contributed by atoms with Crippen molar-refractivity contribution in [2.75, 3.05) is 6.26 Å². The Balaban J connectivity index is 1.96. The number of nitrogens with one attached hydrogen (secondary N) is 1. The predicted molar refractivity (Wildman–Crippen MR) is 86.2 cm³/mol. The number of carbonyl (C=O) groups excluding carboxylic acids is 1. The molecule has 2 aromatic rings. The molecule has 1 amide bonds. The Morgan fingerprint density at radius 2 is 1.70 bits per heavy atom. The molecule has 0 radical (unpaired) electrons. The quantitative estimate of drug-likeness (QED) is 0.912. The van der Waals surface area contributed by atoms with Crippen LogP contribution in [0.5, 0.6) is 0 Å². The molecule has 0 aliphatic carbocycles. The van der Waals surface area contributed by atoms with E-state index in [0.717, 1.165) is 11.1 Å². The maximum atomic E-state index is 12.8. The van der Waals surface area contributed by atoms with Gasteiger partial charge in [0.15, 0.2) is 9.84 Å². The molecule has 0 fully saturated rings. The lowest BCUT2D eigenvalue weighted by Crippen LogP contribution is -2.24. The summed E-state index contributed by atoms with van der Waals surface area (Å²) in [5, 5.41) is 2.77. The largest absolute Gasteiger partial charge is 0.352 e. The fourth-order valence-electron chi connectivity index (χ4n) is 2.29. The van der Waals surface area contributed by atoms with Crippen molar-refractivity contribution < 1.29 is 17.6 Å². The van der Waals surface area contributed by atoms with E-state index in [1.54, 1.807) is 37.3 Å². The molecule has 0 spiro atoms. The Morgan fingerprint density at radius 3 is 2.26 bits per heavy atom. The van der Waals surface area contributed by atoms with Crippen LogP contribution in [0.4, 0.5) is 4.39 Å². The lowest BCUT2D eigenvalue weighted by atomic mass is 10.1. The minimum absolute atomic E-state index is 0.167. The minimum Gasteiger partial charge on any atom is -0.352 e. The second-order valence-corrected chi connectivity index (χ2v) is 7.44. The smallest absolute Gasteiger partial charge is 0.224 e. The Morgan fingerprint density at radius 1 is 1.09 bits per heavy atom. The summed E-state index contributed by atoms with van der Waals surface area (Å²) in [6.45, 7) is 2.03. The SMILES string of the molecule is Cc1cc(CNC(=O)Cc2ccc(F)cc2)ccc1S(C)(=O)=O. The number of sulfone groups is 1. The predicted octanol–water partition coefficient (Wildman–Crippen LogP) is 2.40. The molecule has 0 bridgehead atoms. The minimum atomic E-state index is -3.24. The second-order valence-electron chi connectivity index (χ2n) is 5.45. The van der Waals surface area contributed by atoms with E-state index in [2.05, 4.69) is 5.32 Å². The highest BCUT2D eigenvalue weighted by Crippen LogP contribution is 2.16. The highest BCUT2D eigenvalue weighted by atomic mass is 32.2. The summed E-state index contributed by atoms with van der Waals surface area (Å²) in [4.78, 5) is 12.2. The molecule has 0 saturated carbocycles. The van der Waals surface area contributed by atoms with Crippen molar-refractivity contribution in [1.82, 2.24) is 5.32 Å². The van der Waals surface area contributed by atoms with Crippen LogP contribution in [0, 0.1) is 12.7 Å². The number of amides is 1. The first kappa shape index (κ1) is 17.1. The molecule has 23 heavy (non-hydrogen) atoms. The summed E-state index contributed by atoms with van der Waals surface area (Å²) in [6, 6.07) is 10.7. The maximum Gasteiger partial charge on any atom is 0.224 e. The van der Waals surface area contributed by atoms with E-state index in [-0.39, 0.29) is 18.1 Å². The van der Waals surface area contributed by atoms with Crippen LogP contribution in [0.1, 0.15) is 16.7 Å². The summed E-state index contributed by atoms with van der Waals surface area (Å²) in [6.07, 6.45) is 1.33. The first-order valence-electron chi connectivity index (χ1n) is 7.06. The summed E-state index contributed by atoms with van der Waals surface area (Å²) in [5.74, 6) is -0.517. The standard InChI is InChI=1S/C17H18FNO3S/c1-12-9-14(5-8-16(12)23(2,21)22)11-19-17(20)10-13-3-6-15(18)7-4-13/h3-9H,10-11H2,1-2H3,(H,19,20). The van der Waals surface area contributed by atoms with E-state index in [1.807, 2.05) is 0 Å². The normalized spacial score (nSPS) is 11.3. The van der Waals surface area contributed by atoms with Crippen LogP contribution in [-0.2, 0) is 27.6 Å². The average Bonchev–Trinajstić information content (AvgIpc) is 2.46. The molecule has 2 rings (SSSR count). The maximum absolute atomic E-state index is 12.8. The van der Waals surface area contributed by atoms with Gasteiger partial charge in [0, 0.05) is 12.8 Å². The van der Waals surface area contributed by atoms with Crippen LogP contribution in [0.25, 0.3) is 0 Å². The fraction of sp³-hybridized carbons (Fsp3) is 0.235. The third-order valence-electron chi connectivity index (χ3n) is 3.41. The van der Waals surface area contributed by atoms with E-state index in [9.17, 15) is 17.6 Å². The molecule has 122 valence electrons. The van der Waals surface area contributed by atoms with Crippen molar-refractivity contribution in [3.05, 3.63) is 65.0 Å². The molecule has 4 nitrogen and oxygen atoms in total. The summed E-state index contributed by atoms with van der Waals surface area (Å²) < 4.78 is 35.9. The van der Waals surface area contributed by atoms with Gasteiger partial charge in [-0.05, 0) is 41.8 Å². The molecule has 0 heterocycles. The summed E-state index contributed by atoms with van der Waals surface area (Å²) >= 11 is 0. The average molecular weight is 335 g/mol. The molecular formula is C17H18FNO3S. The molecule has 0 saturated heterocycles. The lowest BCUT2D eigenvalue weighted by Gasteiger charge is -2.09. The van der Waals surface area contributed by atoms with Gasteiger partial charge in [-0.15, -0.1) is 0 Å². The van der Waals surface area contributed by atoms with Gasteiger partial charge in [0.1, 0.15) is 5.82 Å². The van der Waals surface area contributed by atoms with Gasteiger partial charge in [-0.25, -0.2) is 12.8 Å². The van der Waals surface area contributed by atoms with Crippen molar-refractivity contribution in [3.8, 4) is 0 Å². The molecule has 2 aromatic carbocycles. The van der Waals surface area contributed by atoms with Crippen LogP contribution in [0.2, 0.25) is 0 Å². The number of hydrogen-bond donors (Lipinski definition) is 1. The van der Waals surface area contributed by atoms with Gasteiger partial charge in [0.25, 0.3) is 0 Å². The third kappa shape index (κ3) is 4.89. The van der Waals surface area contributed by atoms with Gasteiger partial charge in [-0.1, -0.05) is 24.3 Å². The highest BCUT2D eigenvalue weighted by Gasteiger charge is 2.11. The number of carbonyl (C=O) groups is 1. The van der Waals surface area contributed by atoms with E-state index in [4.69, 9.17) is 0 Å². The van der Waals surface area contributed by atoms with Crippen molar-refractivity contribution in [3.63, 3.8) is 0 Å². The second kappa shape index (κ2) is 6.91. The van der Waals surface area contributed by atoms with Crippen molar-refractivity contribution >= 4 is 15.7 Å². The molecule has 0 aromatic heterocycles. The monoisotopic (exact) mass is 335 g/mol. The number of hydrogen-bond acceptors (Lipinski definition) is 3. The topological polar surface area (TPSA) is 63.2 Å². The lowest BCUT2D eigenvalue weighted by molar-refractivity contribution is -0.120. The molecule has 6 heteroatoms. The van der Waals surface area contributed by atoms with Gasteiger partial charge in [0.2, 0.25) is 5.91 Å².